The first kappa shape index (κ1) is 25.1. The molecule has 0 saturated heterocycles. The Morgan fingerprint density at radius 2 is 1.81 bits per heavy atom. The molecule has 1 amide bonds. The molecule has 5 rings (SSSR count). The fourth-order valence-corrected chi connectivity index (χ4v) is 6.32. The Morgan fingerprint density at radius 1 is 1.03 bits per heavy atom. The van der Waals surface area contributed by atoms with Crippen LogP contribution < -0.4 is 9.62 Å². The van der Waals surface area contributed by atoms with Crippen molar-refractivity contribution in [3.8, 4) is 0 Å². The zero-order chi connectivity index (χ0) is 26.0. The van der Waals surface area contributed by atoms with Crippen LogP contribution in [-0.4, -0.2) is 24.3 Å². The number of amides is 1. The number of carbonyl (C=O) groups is 1. The molecule has 2 heterocycles. The molecule has 0 spiro atoms. The number of aromatic nitrogens is 2. The van der Waals surface area contributed by atoms with E-state index in [1.54, 1.807) is 59.8 Å². The van der Waals surface area contributed by atoms with Crippen LogP contribution in [0.5, 0.6) is 0 Å². The number of aryl methyl sites for hydroxylation is 1. The molecule has 0 radical (unpaired) electrons. The molecule has 0 unspecified atom stereocenters. The maximum Gasteiger partial charge on any atom is 0.262 e. The average Bonchev–Trinajstić information content (AvgIpc) is 3.31. The van der Waals surface area contributed by atoms with E-state index < -0.39 is 10.0 Å². The van der Waals surface area contributed by atoms with Crippen molar-refractivity contribution in [2.45, 2.75) is 18.4 Å². The first-order chi connectivity index (χ1) is 17.8. The summed E-state index contributed by atoms with van der Waals surface area (Å²) in [6, 6.07) is 22.5. The van der Waals surface area contributed by atoms with Crippen LogP contribution in [0.25, 0.3) is 10.2 Å². The molecule has 186 valence electrons. The van der Waals surface area contributed by atoms with Crippen LogP contribution in [0.1, 0.15) is 21.5 Å². The van der Waals surface area contributed by atoms with Crippen molar-refractivity contribution in [1.29, 1.82) is 0 Å². The van der Waals surface area contributed by atoms with E-state index in [1.807, 2.05) is 31.2 Å². The molecule has 7 nitrogen and oxygen atoms in total. The third-order valence-electron chi connectivity index (χ3n) is 5.61. The summed E-state index contributed by atoms with van der Waals surface area (Å²) in [5.41, 5.74) is 2.92. The van der Waals surface area contributed by atoms with E-state index >= 15 is 0 Å². The molecule has 5 aromatic rings. The number of hydrogen-bond acceptors (Lipinski definition) is 6. The minimum absolute atomic E-state index is 0.115. The number of nitrogens with one attached hydrogen (secondary N) is 1. The Morgan fingerprint density at radius 3 is 2.57 bits per heavy atom. The largest absolute Gasteiger partial charge is 0.279 e. The smallest absolute Gasteiger partial charge is 0.262 e. The second-order valence-corrected chi connectivity index (χ2v) is 11.9. The predicted molar refractivity (Wildman–Crippen MR) is 150 cm³/mol. The molecule has 0 fully saturated rings. The molecule has 2 aromatic heterocycles. The highest BCUT2D eigenvalue weighted by molar-refractivity contribution is 9.10. The Kier molecular flexibility index (Phi) is 7.05. The highest BCUT2D eigenvalue weighted by Crippen LogP contribution is 2.33. The lowest BCUT2D eigenvalue weighted by Gasteiger charge is -2.22. The number of thiazole rings is 1. The Labute approximate surface area is 227 Å². The fraction of sp³-hybridized carbons (Fsp3) is 0.0741. The van der Waals surface area contributed by atoms with Gasteiger partial charge in [0.1, 0.15) is 0 Å². The van der Waals surface area contributed by atoms with Crippen LogP contribution >= 0.6 is 27.3 Å². The standard InChI is InChI=1S/C27H21BrN4O3S2/c1-18-8-11-21(12-9-18)37(34,35)31-23-7-3-2-6-22(23)26(33)32(17-19-5-4-14-29-16-19)27-30-24-13-10-20(28)15-25(24)36-27/h2-16,31H,17H2,1H3. The SMILES string of the molecule is Cc1ccc(S(=O)(=O)Nc2ccccc2C(=O)N(Cc2cccnc2)c2nc3ccc(Br)cc3s2)cc1. The van der Waals surface area contributed by atoms with Gasteiger partial charge in [-0.25, -0.2) is 13.4 Å². The molecule has 0 aliphatic heterocycles. The van der Waals surface area contributed by atoms with Gasteiger partial charge in [0.25, 0.3) is 15.9 Å². The van der Waals surface area contributed by atoms with Crippen LogP contribution in [-0.2, 0) is 16.6 Å². The van der Waals surface area contributed by atoms with Gasteiger partial charge in [-0.2, -0.15) is 0 Å². The lowest BCUT2D eigenvalue weighted by atomic mass is 10.1. The topological polar surface area (TPSA) is 92.3 Å². The maximum atomic E-state index is 14.0. The van der Waals surface area contributed by atoms with E-state index in [9.17, 15) is 13.2 Å². The van der Waals surface area contributed by atoms with E-state index in [0.717, 1.165) is 25.8 Å². The van der Waals surface area contributed by atoms with Gasteiger partial charge in [0.05, 0.1) is 32.9 Å². The molecular weight excluding hydrogens is 572 g/mol. The second kappa shape index (κ2) is 10.4. The normalized spacial score (nSPS) is 11.4. The number of hydrogen-bond donors (Lipinski definition) is 1. The van der Waals surface area contributed by atoms with E-state index in [4.69, 9.17) is 4.98 Å². The lowest BCUT2D eigenvalue weighted by Crippen LogP contribution is -2.31. The summed E-state index contributed by atoms with van der Waals surface area (Å²) in [6.07, 6.45) is 3.36. The van der Waals surface area contributed by atoms with Crippen molar-refractivity contribution in [3.63, 3.8) is 0 Å². The Bertz CT molecular complexity index is 1690. The van der Waals surface area contributed by atoms with Crippen molar-refractivity contribution in [3.05, 3.63) is 112 Å². The average molecular weight is 594 g/mol. The zero-order valence-corrected chi connectivity index (χ0v) is 22.8. The molecule has 0 bridgehead atoms. The molecule has 0 saturated carbocycles. The van der Waals surface area contributed by atoms with Crippen molar-refractivity contribution in [1.82, 2.24) is 9.97 Å². The molecular formula is C27H21BrN4O3S2. The van der Waals surface area contributed by atoms with Gasteiger partial charge in [-0.15, -0.1) is 0 Å². The van der Waals surface area contributed by atoms with E-state index in [1.165, 1.54) is 23.5 Å². The first-order valence-electron chi connectivity index (χ1n) is 11.3. The molecule has 10 heteroatoms. The highest BCUT2D eigenvalue weighted by Gasteiger charge is 2.26. The van der Waals surface area contributed by atoms with Crippen molar-refractivity contribution >= 4 is 64.2 Å². The van der Waals surface area contributed by atoms with Gasteiger partial charge < -0.3 is 0 Å². The second-order valence-electron chi connectivity index (χ2n) is 8.33. The minimum atomic E-state index is -3.91. The summed E-state index contributed by atoms with van der Waals surface area (Å²) in [4.78, 5) is 24.5. The molecule has 0 aliphatic rings. The quantitative estimate of drug-likeness (QED) is 0.236. The summed E-state index contributed by atoms with van der Waals surface area (Å²) in [6.45, 7) is 2.10. The van der Waals surface area contributed by atoms with E-state index in [-0.39, 0.29) is 28.6 Å². The Hall–Kier alpha value is -3.60. The van der Waals surface area contributed by atoms with E-state index in [0.29, 0.717) is 5.13 Å². The van der Waals surface area contributed by atoms with Gasteiger partial charge in [0.15, 0.2) is 5.13 Å². The number of sulfonamides is 1. The fourth-order valence-electron chi connectivity index (χ4n) is 3.73. The number of carbonyl (C=O) groups excluding carboxylic acids is 1. The van der Waals surface area contributed by atoms with Gasteiger partial charge in [0, 0.05) is 16.9 Å². The number of rotatable bonds is 7. The van der Waals surface area contributed by atoms with Crippen LogP contribution in [0.3, 0.4) is 0 Å². The van der Waals surface area contributed by atoms with Gasteiger partial charge >= 0.3 is 0 Å². The van der Waals surface area contributed by atoms with Crippen LogP contribution in [0.2, 0.25) is 0 Å². The number of fused-ring (bicyclic) bond motifs is 1. The highest BCUT2D eigenvalue weighted by atomic mass is 79.9. The van der Waals surface area contributed by atoms with Crippen LogP contribution in [0.15, 0.2) is 101 Å². The zero-order valence-electron chi connectivity index (χ0n) is 19.6. The minimum Gasteiger partial charge on any atom is -0.279 e. The molecule has 37 heavy (non-hydrogen) atoms. The number of pyridine rings is 1. The summed E-state index contributed by atoms with van der Waals surface area (Å²) in [5.74, 6) is -0.385. The van der Waals surface area contributed by atoms with Crippen molar-refractivity contribution < 1.29 is 13.2 Å². The summed E-state index contributed by atoms with van der Waals surface area (Å²) in [7, 11) is -3.91. The van der Waals surface area contributed by atoms with Crippen LogP contribution in [0, 0.1) is 6.92 Å². The first-order valence-corrected chi connectivity index (χ1v) is 14.3. The molecule has 3 aromatic carbocycles. The molecule has 0 atom stereocenters. The molecule has 0 aliphatic carbocycles. The van der Waals surface area contributed by atoms with Crippen molar-refractivity contribution in [2.75, 3.05) is 9.62 Å². The third kappa shape index (κ3) is 5.56. The van der Waals surface area contributed by atoms with Gasteiger partial charge in [-0.3, -0.25) is 19.4 Å². The predicted octanol–water partition coefficient (Wildman–Crippen LogP) is 6.41. The Balaban J connectivity index is 1.55. The number of benzene rings is 3. The number of halogens is 1. The van der Waals surface area contributed by atoms with Gasteiger partial charge in [-0.05, 0) is 61.0 Å². The molecule has 1 N–H and O–H groups in total. The summed E-state index contributed by atoms with van der Waals surface area (Å²) < 4.78 is 30.6. The summed E-state index contributed by atoms with van der Waals surface area (Å²) >= 11 is 4.87. The number of nitrogens with zero attached hydrogens (tertiary/aromatic N) is 3. The van der Waals surface area contributed by atoms with Crippen LogP contribution in [0.4, 0.5) is 10.8 Å². The third-order valence-corrected chi connectivity index (χ3v) is 8.53. The number of para-hydroxylation sites is 1. The van der Waals surface area contributed by atoms with Gasteiger partial charge in [0.2, 0.25) is 0 Å². The van der Waals surface area contributed by atoms with Gasteiger partial charge in [-0.1, -0.05) is 63.2 Å². The van der Waals surface area contributed by atoms with Crippen molar-refractivity contribution in [2.24, 2.45) is 0 Å². The van der Waals surface area contributed by atoms with E-state index in [2.05, 4.69) is 25.6 Å². The maximum absolute atomic E-state index is 14.0. The lowest BCUT2D eigenvalue weighted by molar-refractivity contribution is 0.0986. The monoisotopic (exact) mass is 592 g/mol. The summed E-state index contributed by atoms with van der Waals surface area (Å²) in [5, 5.41) is 0.498. The number of anilines is 2.